The Bertz CT molecular complexity index is 1260. The maximum absolute atomic E-state index is 14.3. The van der Waals surface area contributed by atoms with Crippen molar-refractivity contribution in [2.75, 3.05) is 30.9 Å². The fourth-order valence-electron chi connectivity index (χ4n) is 2.91. The fraction of sp³-hybridized carbons (Fsp3) is 0.176. The first kappa shape index (κ1) is 20.8. The summed E-state index contributed by atoms with van der Waals surface area (Å²) in [6.45, 7) is 0. The molecule has 2 heterocycles. The van der Waals surface area contributed by atoms with Crippen LogP contribution in [0.2, 0.25) is 0 Å². The van der Waals surface area contributed by atoms with Crippen LogP contribution in [0.1, 0.15) is 22.7 Å². The average Bonchev–Trinajstić information content (AvgIpc) is 2.67. The summed E-state index contributed by atoms with van der Waals surface area (Å²) in [4.78, 5) is 7.86. The van der Waals surface area contributed by atoms with E-state index in [1.807, 2.05) is 6.07 Å². The molecule has 3 rings (SSSR count). The summed E-state index contributed by atoms with van der Waals surface area (Å²) in [5.74, 6) is -0.953. The Balaban J connectivity index is 2.29. The minimum absolute atomic E-state index is 0.00708. The van der Waals surface area contributed by atoms with Gasteiger partial charge in [0, 0.05) is 19.7 Å². The standard InChI is InChI=1S/C17H16FN9O2S/c1-27(2)30(28,29)11-5-8(3-4-10(11)18)14-12-13(21)9(6-19)15(22)25-16(12)26-17(24-14)23-7-20/h3-5,14H,1-2H3,(H6,21,22,23,24,25,26). The Morgan fingerprint density at radius 3 is 2.60 bits per heavy atom. The number of rotatable bonds is 3. The van der Waals surface area contributed by atoms with Crippen LogP contribution in [0.25, 0.3) is 0 Å². The van der Waals surface area contributed by atoms with E-state index in [2.05, 4.69) is 20.6 Å². The van der Waals surface area contributed by atoms with Crippen LogP contribution in [0.15, 0.2) is 28.1 Å². The lowest BCUT2D eigenvalue weighted by atomic mass is 9.95. The highest BCUT2D eigenvalue weighted by molar-refractivity contribution is 7.89. The average molecular weight is 429 g/mol. The molecule has 1 aliphatic heterocycles. The van der Waals surface area contributed by atoms with E-state index in [1.165, 1.54) is 20.2 Å². The van der Waals surface area contributed by atoms with Gasteiger partial charge in [-0.3, -0.25) is 5.32 Å². The molecule has 0 spiro atoms. The molecule has 0 radical (unpaired) electrons. The molecular weight excluding hydrogens is 413 g/mol. The number of halogens is 1. The number of aromatic nitrogens is 1. The molecule has 1 unspecified atom stereocenters. The van der Waals surface area contributed by atoms with Gasteiger partial charge in [0.15, 0.2) is 6.19 Å². The highest BCUT2D eigenvalue weighted by Gasteiger charge is 2.31. The Morgan fingerprint density at radius 2 is 2.00 bits per heavy atom. The minimum atomic E-state index is -4.09. The van der Waals surface area contributed by atoms with Gasteiger partial charge in [0.25, 0.3) is 0 Å². The van der Waals surface area contributed by atoms with Crippen molar-refractivity contribution in [1.82, 2.24) is 14.6 Å². The van der Waals surface area contributed by atoms with Gasteiger partial charge in [0.2, 0.25) is 16.0 Å². The van der Waals surface area contributed by atoms with Crippen LogP contribution >= 0.6 is 0 Å². The zero-order chi connectivity index (χ0) is 22.2. The molecule has 154 valence electrons. The van der Waals surface area contributed by atoms with E-state index in [0.29, 0.717) is 0 Å². The lowest BCUT2D eigenvalue weighted by Crippen LogP contribution is -2.33. The normalized spacial score (nSPS) is 15.4. The summed E-state index contributed by atoms with van der Waals surface area (Å²) in [5, 5.41) is 23.3. The number of guanidine groups is 1. The van der Waals surface area contributed by atoms with Gasteiger partial charge < -0.3 is 16.8 Å². The highest BCUT2D eigenvalue weighted by Crippen LogP contribution is 2.41. The first-order chi connectivity index (χ1) is 14.1. The molecule has 11 nitrogen and oxygen atoms in total. The number of nitrogens with two attached hydrogens (primary N) is 2. The van der Waals surface area contributed by atoms with E-state index in [9.17, 15) is 18.1 Å². The number of hydrogen-bond donors (Lipinski definition) is 4. The van der Waals surface area contributed by atoms with Gasteiger partial charge in [-0.1, -0.05) is 6.07 Å². The van der Waals surface area contributed by atoms with E-state index in [4.69, 9.17) is 16.7 Å². The number of anilines is 3. The summed E-state index contributed by atoms with van der Waals surface area (Å²) in [6, 6.07) is 4.32. The SMILES string of the molecule is CN(C)S(=O)(=O)c1cc(C2N=C(NC#N)Nc3nc(N)c(C#N)c(N)c32)ccc1F. The first-order valence-corrected chi connectivity index (χ1v) is 9.76. The van der Waals surface area contributed by atoms with E-state index < -0.39 is 26.8 Å². The Hall–Kier alpha value is -3.94. The quantitative estimate of drug-likeness (QED) is 0.397. The molecule has 0 amide bonds. The number of nitrogen functional groups attached to an aromatic ring is 2. The molecule has 6 N–H and O–H groups in total. The number of nitrogens with zero attached hydrogens (tertiary/aromatic N) is 5. The zero-order valence-electron chi connectivity index (χ0n) is 15.8. The van der Waals surface area contributed by atoms with Gasteiger partial charge in [-0.25, -0.2) is 27.1 Å². The third-order valence-electron chi connectivity index (χ3n) is 4.39. The van der Waals surface area contributed by atoms with Crippen molar-refractivity contribution in [3.63, 3.8) is 0 Å². The smallest absolute Gasteiger partial charge is 0.245 e. The number of pyridine rings is 1. The van der Waals surface area contributed by atoms with E-state index in [-0.39, 0.29) is 40.0 Å². The Morgan fingerprint density at radius 1 is 1.30 bits per heavy atom. The van der Waals surface area contributed by atoms with Crippen LogP contribution < -0.4 is 22.1 Å². The van der Waals surface area contributed by atoms with Crippen LogP contribution in [-0.4, -0.2) is 37.8 Å². The molecule has 1 atom stereocenters. The monoisotopic (exact) mass is 429 g/mol. The number of fused-ring (bicyclic) bond motifs is 1. The Labute approximate surface area is 171 Å². The van der Waals surface area contributed by atoms with E-state index >= 15 is 0 Å². The summed E-state index contributed by atoms with van der Waals surface area (Å²) in [5.41, 5.74) is 12.3. The fourth-order valence-corrected chi connectivity index (χ4v) is 3.90. The molecule has 0 aliphatic carbocycles. The van der Waals surface area contributed by atoms with Crippen molar-refractivity contribution in [1.29, 1.82) is 10.5 Å². The van der Waals surface area contributed by atoms with Crippen LogP contribution in [0, 0.1) is 28.6 Å². The van der Waals surface area contributed by atoms with Crippen molar-refractivity contribution in [3.8, 4) is 12.3 Å². The highest BCUT2D eigenvalue weighted by atomic mass is 32.2. The van der Waals surface area contributed by atoms with Gasteiger partial charge in [-0.15, -0.1) is 0 Å². The predicted molar refractivity (Wildman–Crippen MR) is 107 cm³/mol. The third-order valence-corrected chi connectivity index (χ3v) is 6.22. The molecule has 0 fully saturated rings. The molecule has 2 aromatic rings. The number of sulfonamides is 1. The lowest BCUT2D eigenvalue weighted by Gasteiger charge is -2.26. The van der Waals surface area contributed by atoms with Crippen molar-refractivity contribution < 1.29 is 12.8 Å². The lowest BCUT2D eigenvalue weighted by molar-refractivity contribution is 0.507. The summed E-state index contributed by atoms with van der Waals surface area (Å²) in [7, 11) is -1.54. The molecule has 1 aromatic heterocycles. The second-order valence-electron chi connectivity index (χ2n) is 6.38. The van der Waals surface area contributed by atoms with E-state index in [1.54, 1.807) is 6.19 Å². The molecule has 30 heavy (non-hydrogen) atoms. The number of nitriles is 2. The van der Waals surface area contributed by atoms with Gasteiger partial charge in [-0.2, -0.15) is 10.5 Å². The number of benzene rings is 1. The van der Waals surface area contributed by atoms with Crippen LogP contribution in [-0.2, 0) is 10.0 Å². The van der Waals surface area contributed by atoms with Crippen molar-refractivity contribution in [2.24, 2.45) is 4.99 Å². The van der Waals surface area contributed by atoms with Gasteiger partial charge in [0.05, 0.1) is 5.69 Å². The molecule has 0 bridgehead atoms. The molecule has 0 saturated heterocycles. The minimum Gasteiger partial charge on any atom is -0.397 e. The first-order valence-electron chi connectivity index (χ1n) is 8.32. The molecule has 1 aromatic carbocycles. The van der Waals surface area contributed by atoms with Gasteiger partial charge in [0.1, 0.15) is 40.0 Å². The zero-order valence-corrected chi connectivity index (χ0v) is 16.6. The second-order valence-corrected chi connectivity index (χ2v) is 8.50. The van der Waals surface area contributed by atoms with Crippen molar-refractivity contribution in [3.05, 3.63) is 40.7 Å². The largest absolute Gasteiger partial charge is 0.397 e. The second kappa shape index (κ2) is 7.47. The topological polar surface area (TPSA) is 186 Å². The number of nitrogens with one attached hydrogen (secondary N) is 2. The molecule has 0 saturated carbocycles. The molecular formula is C17H16FN9O2S. The predicted octanol–water partition coefficient (Wildman–Crippen LogP) is 0.449. The maximum Gasteiger partial charge on any atom is 0.245 e. The molecule has 13 heteroatoms. The van der Waals surface area contributed by atoms with Crippen LogP contribution in [0.4, 0.5) is 21.7 Å². The van der Waals surface area contributed by atoms with Crippen molar-refractivity contribution in [2.45, 2.75) is 10.9 Å². The summed E-state index contributed by atoms with van der Waals surface area (Å²) >= 11 is 0. The van der Waals surface area contributed by atoms with Gasteiger partial charge >= 0.3 is 0 Å². The Kier molecular flexibility index (Phi) is 5.18. The van der Waals surface area contributed by atoms with E-state index in [0.717, 1.165) is 16.4 Å². The summed E-state index contributed by atoms with van der Waals surface area (Å²) < 4.78 is 40.2. The third kappa shape index (κ3) is 3.32. The maximum atomic E-state index is 14.3. The van der Waals surface area contributed by atoms with Crippen molar-refractivity contribution >= 4 is 33.3 Å². The molecule has 1 aliphatic rings. The summed E-state index contributed by atoms with van der Waals surface area (Å²) in [6.07, 6.45) is 1.70. The van der Waals surface area contributed by atoms with Gasteiger partial charge in [-0.05, 0) is 17.7 Å². The van der Waals surface area contributed by atoms with Crippen LogP contribution in [0.5, 0.6) is 0 Å². The number of aliphatic imine (C=N–C) groups is 1. The number of hydrogen-bond acceptors (Lipinski definition) is 10. The van der Waals surface area contributed by atoms with Crippen LogP contribution in [0.3, 0.4) is 0 Å².